The zero-order chi connectivity index (χ0) is 12.2. The molecule has 0 spiro atoms. The monoisotopic (exact) mass is 236 g/mol. The van der Waals surface area contributed by atoms with Gasteiger partial charge in [0.2, 0.25) is 0 Å². The van der Waals surface area contributed by atoms with Crippen molar-refractivity contribution in [2.24, 2.45) is 5.41 Å². The van der Waals surface area contributed by atoms with Gasteiger partial charge in [-0.1, -0.05) is 6.07 Å². The summed E-state index contributed by atoms with van der Waals surface area (Å²) in [7, 11) is -1.10. The van der Waals surface area contributed by atoms with Gasteiger partial charge in [0.05, 0.1) is 22.3 Å². The smallest absolute Gasteiger partial charge is 0.127 e. The molecule has 1 atom stereocenters. The van der Waals surface area contributed by atoms with Crippen molar-refractivity contribution in [1.82, 2.24) is 4.98 Å². The highest BCUT2D eigenvalue weighted by Gasteiger charge is 2.18. The minimum absolute atomic E-state index is 0.416. The molecule has 0 saturated carbocycles. The normalized spacial score (nSPS) is 13.1. The van der Waals surface area contributed by atoms with E-state index in [4.69, 9.17) is 5.26 Å². The SMILES string of the molecule is Cc1ccc([S@@](=O)CCC(C)(C)C#N)nc1. The summed E-state index contributed by atoms with van der Waals surface area (Å²) in [4.78, 5) is 4.12. The Morgan fingerprint density at radius 2 is 2.19 bits per heavy atom. The fraction of sp³-hybridized carbons (Fsp3) is 0.500. The molecule has 0 radical (unpaired) electrons. The van der Waals surface area contributed by atoms with Crippen molar-refractivity contribution in [3.63, 3.8) is 0 Å². The van der Waals surface area contributed by atoms with Gasteiger partial charge in [0.1, 0.15) is 5.03 Å². The maximum absolute atomic E-state index is 11.9. The van der Waals surface area contributed by atoms with Gasteiger partial charge in [-0.05, 0) is 38.8 Å². The molecule has 0 saturated heterocycles. The Balaban J connectivity index is 2.61. The van der Waals surface area contributed by atoms with Gasteiger partial charge in [0.25, 0.3) is 0 Å². The number of nitrogens with zero attached hydrogens (tertiary/aromatic N) is 2. The van der Waals surface area contributed by atoms with E-state index < -0.39 is 16.2 Å². The highest BCUT2D eigenvalue weighted by molar-refractivity contribution is 7.84. The molecule has 1 aromatic rings. The van der Waals surface area contributed by atoms with Gasteiger partial charge in [-0.15, -0.1) is 0 Å². The highest BCUT2D eigenvalue weighted by atomic mass is 32.2. The van der Waals surface area contributed by atoms with Gasteiger partial charge in [-0.3, -0.25) is 4.21 Å². The van der Waals surface area contributed by atoms with Crippen LogP contribution in [0, 0.1) is 23.7 Å². The highest BCUT2D eigenvalue weighted by Crippen LogP contribution is 2.20. The van der Waals surface area contributed by atoms with Crippen LogP contribution in [0.3, 0.4) is 0 Å². The third-order valence-corrected chi connectivity index (χ3v) is 3.62. The van der Waals surface area contributed by atoms with Gasteiger partial charge < -0.3 is 0 Å². The maximum atomic E-state index is 11.9. The summed E-state index contributed by atoms with van der Waals surface area (Å²) in [5.74, 6) is 0.483. The van der Waals surface area contributed by atoms with Crippen LogP contribution in [0.4, 0.5) is 0 Å². The summed E-state index contributed by atoms with van der Waals surface area (Å²) in [6.07, 6.45) is 2.33. The number of rotatable bonds is 4. The van der Waals surface area contributed by atoms with Crippen molar-refractivity contribution in [3.05, 3.63) is 23.9 Å². The first-order valence-electron chi connectivity index (χ1n) is 5.17. The van der Waals surface area contributed by atoms with E-state index in [1.165, 1.54) is 0 Å². The number of aryl methyl sites for hydroxylation is 1. The first-order chi connectivity index (χ1) is 7.44. The third kappa shape index (κ3) is 3.74. The van der Waals surface area contributed by atoms with Gasteiger partial charge in [0, 0.05) is 11.9 Å². The molecule has 16 heavy (non-hydrogen) atoms. The first kappa shape index (κ1) is 12.9. The van der Waals surface area contributed by atoms with Crippen LogP contribution in [0.1, 0.15) is 25.8 Å². The van der Waals surface area contributed by atoms with E-state index in [-0.39, 0.29) is 0 Å². The van der Waals surface area contributed by atoms with E-state index in [1.807, 2.05) is 26.8 Å². The van der Waals surface area contributed by atoms with Gasteiger partial charge in [-0.25, -0.2) is 4.98 Å². The summed E-state index contributed by atoms with van der Waals surface area (Å²) < 4.78 is 11.9. The lowest BCUT2D eigenvalue weighted by molar-refractivity contribution is 0.479. The zero-order valence-corrected chi connectivity index (χ0v) is 10.7. The van der Waals surface area contributed by atoms with E-state index in [0.29, 0.717) is 17.2 Å². The molecule has 1 aromatic heterocycles. The summed E-state index contributed by atoms with van der Waals surface area (Å²) in [6.45, 7) is 5.65. The third-order valence-electron chi connectivity index (χ3n) is 2.33. The second-order valence-corrected chi connectivity index (χ2v) is 5.99. The fourth-order valence-corrected chi connectivity index (χ4v) is 2.39. The predicted octanol–water partition coefficient (Wildman–Crippen LogP) is 2.44. The van der Waals surface area contributed by atoms with Crippen molar-refractivity contribution >= 4 is 10.8 Å². The number of pyridine rings is 1. The minimum Gasteiger partial charge on any atom is -0.253 e. The Kier molecular flexibility index (Phi) is 4.19. The molecule has 0 fully saturated rings. The topological polar surface area (TPSA) is 53.8 Å². The van der Waals surface area contributed by atoms with Crippen molar-refractivity contribution in [2.45, 2.75) is 32.2 Å². The van der Waals surface area contributed by atoms with Gasteiger partial charge in [0.15, 0.2) is 0 Å². The Hall–Kier alpha value is -1.21. The quantitative estimate of drug-likeness (QED) is 0.806. The molecule has 0 aliphatic rings. The average molecular weight is 236 g/mol. The van der Waals surface area contributed by atoms with Crippen LogP contribution in [-0.4, -0.2) is 14.9 Å². The van der Waals surface area contributed by atoms with Crippen LogP contribution in [0.5, 0.6) is 0 Å². The maximum Gasteiger partial charge on any atom is 0.127 e. The summed E-state index contributed by atoms with van der Waals surface area (Å²) in [5.41, 5.74) is 0.637. The second-order valence-electron chi connectivity index (χ2n) is 4.47. The van der Waals surface area contributed by atoms with Crippen LogP contribution in [0.2, 0.25) is 0 Å². The summed E-state index contributed by atoms with van der Waals surface area (Å²) in [6, 6.07) is 5.88. The van der Waals surface area contributed by atoms with E-state index >= 15 is 0 Å². The molecule has 86 valence electrons. The van der Waals surface area contributed by atoms with Crippen LogP contribution in [-0.2, 0) is 10.8 Å². The molecule has 0 unspecified atom stereocenters. The largest absolute Gasteiger partial charge is 0.253 e. The molecule has 4 heteroatoms. The van der Waals surface area contributed by atoms with Gasteiger partial charge >= 0.3 is 0 Å². The van der Waals surface area contributed by atoms with E-state index in [1.54, 1.807) is 12.3 Å². The minimum atomic E-state index is -1.10. The summed E-state index contributed by atoms with van der Waals surface area (Å²) >= 11 is 0. The van der Waals surface area contributed by atoms with Crippen molar-refractivity contribution in [3.8, 4) is 6.07 Å². The number of nitriles is 1. The Morgan fingerprint density at radius 1 is 1.50 bits per heavy atom. The zero-order valence-electron chi connectivity index (χ0n) is 9.86. The number of hydrogen-bond acceptors (Lipinski definition) is 3. The predicted molar refractivity (Wildman–Crippen MR) is 64.3 cm³/mol. The van der Waals surface area contributed by atoms with Crippen molar-refractivity contribution in [1.29, 1.82) is 5.26 Å². The second kappa shape index (κ2) is 5.22. The lowest BCUT2D eigenvalue weighted by atomic mass is 9.93. The Bertz CT molecular complexity index is 418. The summed E-state index contributed by atoms with van der Waals surface area (Å²) in [5, 5.41) is 9.45. The number of hydrogen-bond donors (Lipinski definition) is 0. The average Bonchev–Trinajstić information content (AvgIpc) is 2.27. The number of aromatic nitrogens is 1. The van der Waals surface area contributed by atoms with Crippen LogP contribution >= 0.6 is 0 Å². The fourth-order valence-electron chi connectivity index (χ4n) is 1.10. The molecule has 1 rings (SSSR count). The van der Waals surface area contributed by atoms with Crippen molar-refractivity contribution in [2.75, 3.05) is 5.75 Å². The molecule has 0 aliphatic carbocycles. The lowest BCUT2D eigenvalue weighted by Crippen LogP contribution is -2.13. The van der Waals surface area contributed by atoms with Crippen LogP contribution < -0.4 is 0 Å². The first-order valence-corrected chi connectivity index (χ1v) is 6.49. The molecule has 0 aromatic carbocycles. The standard InChI is InChI=1S/C12H16N2OS/c1-10-4-5-11(14-8-10)16(15)7-6-12(2,3)9-13/h4-5,8H,6-7H2,1-3H3/t16-/m0/s1. The Morgan fingerprint density at radius 3 is 2.69 bits per heavy atom. The lowest BCUT2D eigenvalue weighted by Gasteiger charge is -2.13. The van der Waals surface area contributed by atoms with E-state index in [0.717, 1.165) is 5.56 Å². The molecule has 3 nitrogen and oxygen atoms in total. The molecule has 1 heterocycles. The molecule has 0 bridgehead atoms. The Labute approximate surface area is 99.0 Å². The molecular weight excluding hydrogens is 220 g/mol. The molecule has 0 N–H and O–H groups in total. The van der Waals surface area contributed by atoms with Crippen molar-refractivity contribution < 1.29 is 4.21 Å². The molecular formula is C12H16N2OS. The van der Waals surface area contributed by atoms with Crippen LogP contribution in [0.25, 0.3) is 0 Å². The molecule has 0 amide bonds. The van der Waals surface area contributed by atoms with Crippen LogP contribution in [0.15, 0.2) is 23.4 Å². The molecule has 0 aliphatic heterocycles. The van der Waals surface area contributed by atoms with E-state index in [9.17, 15) is 4.21 Å². The van der Waals surface area contributed by atoms with Gasteiger partial charge in [-0.2, -0.15) is 5.26 Å². The van der Waals surface area contributed by atoms with E-state index in [2.05, 4.69) is 11.1 Å².